The molecule has 0 aromatic heterocycles. The van der Waals surface area contributed by atoms with E-state index in [0.717, 1.165) is 5.56 Å². The Kier molecular flexibility index (Phi) is 6.92. The van der Waals surface area contributed by atoms with E-state index in [4.69, 9.17) is 21.1 Å². The van der Waals surface area contributed by atoms with E-state index >= 15 is 0 Å². The third-order valence-corrected chi connectivity index (χ3v) is 6.06. The number of carbonyl (C=O) groups is 1. The van der Waals surface area contributed by atoms with Gasteiger partial charge < -0.3 is 9.47 Å². The SMILES string of the molecule is O=C1OC(c2ccc([N+](=O)[O-])cc2Cl)=N/C1=C\c1cc(Br)c(OCc2ccccc2)c(Br)c1. The van der Waals surface area contributed by atoms with E-state index in [9.17, 15) is 14.9 Å². The van der Waals surface area contributed by atoms with Gasteiger partial charge in [-0.05, 0) is 67.3 Å². The van der Waals surface area contributed by atoms with E-state index in [0.29, 0.717) is 26.9 Å². The van der Waals surface area contributed by atoms with Crippen LogP contribution in [0.2, 0.25) is 5.02 Å². The van der Waals surface area contributed by atoms with Crippen molar-refractivity contribution >= 4 is 67.1 Å². The number of carbonyl (C=O) groups excluding carboxylic acids is 1. The molecule has 3 aromatic rings. The molecular formula is C23H13Br2ClN2O5. The third kappa shape index (κ3) is 5.32. The number of nitro groups is 1. The molecule has 0 amide bonds. The van der Waals surface area contributed by atoms with Gasteiger partial charge in [0.25, 0.3) is 5.69 Å². The molecule has 0 bridgehead atoms. The van der Waals surface area contributed by atoms with Crippen LogP contribution in [0, 0.1) is 10.1 Å². The summed E-state index contributed by atoms with van der Waals surface area (Å²) < 4.78 is 12.5. The Morgan fingerprint density at radius 1 is 1.09 bits per heavy atom. The van der Waals surface area contributed by atoms with Crippen LogP contribution >= 0.6 is 43.5 Å². The van der Waals surface area contributed by atoms with E-state index in [-0.39, 0.29) is 27.9 Å². The summed E-state index contributed by atoms with van der Waals surface area (Å²) in [5.74, 6) is -0.0555. The number of ether oxygens (including phenoxy) is 2. The van der Waals surface area contributed by atoms with Gasteiger partial charge in [-0.1, -0.05) is 41.9 Å². The number of non-ortho nitro benzene ring substituents is 1. The van der Waals surface area contributed by atoms with Gasteiger partial charge in [-0.15, -0.1) is 0 Å². The molecule has 0 N–H and O–H groups in total. The van der Waals surface area contributed by atoms with Gasteiger partial charge in [-0.2, -0.15) is 0 Å². The molecule has 0 spiro atoms. The average molecular weight is 593 g/mol. The van der Waals surface area contributed by atoms with E-state index in [1.807, 2.05) is 30.3 Å². The molecule has 0 atom stereocenters. The molecule has 0 fully saturated rings. The first-order valence-electron chi connectivity index (χ1n) is 9.44. The van der Waals surface area contributed by atoms with E-state index in [1.54, 1.807) is 18.2 Å². The predicted octanol–water partition coefficient (Wildman–Crippen LogP) is 6.70. The summed E-state index contributed by atoms with van der Waals surface area (Å²) in [7, 11) is 0. The zero-order chi connectivity index (χ0) is 23.5. The minimum Gasteiger partial charge on any atom is -0.487 e. The lowest BCUT2D eigenvalue weighted by Gasteiger charge is -2.11. The number of nitrogens with zero attached hydrogens (tertiary/aromatic N) is 2. The summed E-state index contributed by atoms with van der Waals surface area (Å²) in [5.41, 5.74) is 1.88. The largest absolute Gasteiger partial charge is 0.487 e. The molecule has 4 rings (SSSR count). The lowest BCUT2D eigenvalue weighted by Crippen LogP contribution is -2.06. The fourth-order valence-electron chi connectivity index (χ4n) is 3.00. The van der Waals surface area contributed by atoms with Crippen LogP contribution in [0.25, 0.3) is 6.08 Å². The molecule has 0 radical (unpaired) electrons. The van der Waals surface area contributed by atoms with Gasteiger partial charge in [-0.3, -0.25) is 10.1 Å². The highest BCUT2D eigenvalue weighted by Gasteiger charge is 2.26. The van der Waals surface area contributed by atoms with Crippen molar-refractivity contribution in [3.63, 3.8) is 0 Å². The van der Waals surface area contributed by atoms with Gasteiger partial charge in [0.05, 0.1) is 24.5 Å². The number of hydrogen-bond donors (Lipinski definition) is 0. The standard InChI is InChI=1S/C23H13Br2ClN2O5/c24-17-8-14(9-18(25)21(17)32-12-13-4-2-1-3-5-13)10-20-23(29)33-22(27-20)16-7-6-15(28(30)31)11-19(16)26/h1-11H,12H2/b20-10-. The van der Waals surface area contributed by atoms with Crippen molar-refractivity contribution in [2.45, 2.75) is 6.61 Å². The molecule has 0 aliphatic carbocycles. The Hall–Kier alpha value is -3.01. The maximum Gasteiger partial charge on any atom is 0.363 e. The second-order valence-corrected chi connectivity index (χ2v) is 8.96. The molecule has 0 saturated carbocycles. The molecular weight excluding hydrogens is 580 g/mol. The van der Waals surface area contributed by atoms with E-state index in [1.165, 1.54) is 18.2 Å². The van der Waals surface area contributed by atoms with Crippen LogP contribution in [0.15, 0.2) is 80.3 Å². The molecule has 33 heavy (non-hydrogen) atoms. The van der Waals surface area contributed by atoms with Gasteiger partial charge in [0.15, 0.2) is 5.70 Å². The minimum absolute atomic E-state index is 0.0212. The van der Waals surface area contributed by atoms with Crippen molar-refractivity contribution < 1.29 is 19.2 Å². The smallest absolute Gasteiger partial charge is 0.363 e. The molecule has 166 valence electrons. The maximum atomic E-state index is 12.3. The van der Waals surface area contributed by atoms with Gasteiger partial charge in [0, 0.05) is 12.1 Å². The lowest BCUT2D eigenvalue weighted by molar-refractivity contribution is -0.384. The Morgan fingerprint density at radius 3 is 2.42 bits per heavy atom. The fourth-order valence-corrected chi connectivity index (χ4v) is 4.71. The van der Waals surface area contributed by atoms with Crippen molar-refractivity contribution in [2.24, 2.45) is 4.99 Å². The minimum atomic E-state index is -0.656. The van der Waals surface area contributed by atoms with Crippen LogP contribution in [0.4, 0.5) is 5.69 Å². The van der Waals surface area contributed by atoms with Crippen LogP contribution in [-0.4, -0.2) is 16.8 Å². The summed E-state index contributed by atoms with van der Waals surface area (Å²) in [6.45, 7) is 0.397. The summed E-state index contributed by atoms with van der Waals surface area (Å²) in [6.07, 6.45) is 1.56. The van der Waals surface area contributed by atoms with Crippen LogP contribution in [0.3, 0.4) is 0 Å². The van der Waals surface area contributed by atoms with Gasteiger partial charge >= 0.3 is 5.97 Å². The van der Waals surface area contributed by atoms with Crippen LogP contribution in [-0.2, 0) is 16.1 Å². The molecule has 0 unspecified atom stereocenters. The number of esters is 1. The lowest BCUT2D eigenvalue weighted by atomic mass is 10.2. The normalized spacial score (nSPS) is 14.2. The monoisotopic (exact) mass is 590 g/mol. The van der Waals surface area contributed by atoms with E-state index in [2.05, 4.69) is 36.9 Å². The Balaban J connectivity index is 1.57. The zero-order valence-electron chi connectivity index (χ0n) is 16.6. The van der Waals surface area contributed by atoms with Crippen molar-refractivity contribution in [1.29, 1.82) is 0 Å². The number of nitro benzene ring substituents is 1. The van der Waals surface area contributed by atoms with E-state index < -0.39 is 10.9 Å². The van der Waals surface area contributed by atoms with Gasteiger partial charge in [0.1, 0.15) is 12.4 Å². The van der Waals surface area contributed by atoms with Gasteiger partial charge in [-0.25, -0.2) is 9.79 Å². The molecule has 7 nitrogen and oxygen atoms in total. The van der Waals surface area contributed by atoms with Crippen LogP contribution in [0.1, 0.15) is 16.7 Å². The summed E-state index contributed by atoms with van der Waals surface area (Å²) >= 11 is 13.1. The number of benzene rings is 3. The molecule has 10 heteroatoms. The van der Waals surface area contributed by atoms with Crippen molar-refractivity contribution in [1.82, 2.24) is 0 Å². The predicted molar refractivity (Wildman–Crippen MR) is 131 cm³/mol. The highest BCUT2D eigenvalue weighted by atomic mass is 79.9. The quantitative estimate of drug-likeness (QED) is 0.138. The Labute approximate surface area is 210 Å². The topological polar surface area (TPSA) is 91.0 Å². The first-order chi connectivity index (χ1) is 15.8. The molecule has 0 saturated heterocycles. The fraction of sp³-hybridized carbons (Fsp3) is 0.0435. The molecule has 1 aliphatic rings. The van der Waals surface area contributed by atoms with Crippen LogP contribution < -0.4 is 4.74 Å². The van der Waals surface area contributed by atoms with Crippen LogP contribution in [0.5, 0.6) is 5.75 Å². The number of aliphatic imine (C=N–C) groups is 1. The average Bonchev–Trinajstić information content (AvgIpc) is 3.13. The first-order valence-corrected chi connectivity index (χ1v) is 11.4. The zero-order valence-corrected chi connectivity index (χ0v) is 20.6. The van der Waals surface area contributed by atoms with Gasteiger partial charge in [0.2, 0.25) is 5.90 Å². The van der Waals surface area contributed by atoms with Crippen molar-refractivity contribution in [3.05, 3.63) is 107 Å². The highest BCUT2D eigenvalue weighted by molar-refractivity contribution is 9.11. The number of halogens is 3. The number of rotatable bonds is 6. The first kappa shape index (κ1) is 23.2. The van der Waals surface area contributed by atoms with Crippen molar-refractivity contribution in [2.75, 3.05) is 0 Å². The second-order valence-electron chi connectivity index (χ2n) is 6.85. The third-order valence-electron chi connectivity index (χ3n) is 4.56. The summed E-state index contributed by atoms with van der Waals surface area (Å²) in [4.78, 5) is 26.9. The summed E-state index contributed by atoms with van der Waals surface area (Å²) in [6, 6.07) is 17.2. The molecule has 3 aromatic carbocycles. The molecule has 1 aliphatic heterocycles. The maximum absolute atomic E-state index is 12.3. The Bertz CT molecular complexity index is 1300. The number of hydrogen-bond acceptors (Lipinski definition) is 6. The van der Waals surface area contributed by atoms with Crippen molar-refractivity contribution in [3.8, 4) is 5.75 Å². The number of cyclic esters (lactones) is 1. The second kappa shape index (κ2) is 9.86. The highest BCUT2D eigenvalue weighted by Crippen LogP contribution is 2.36. The Morgan fingerprint density at radius 2 is 1.79 bits per heavy atom. The molecule has 1 heterocycles. The summed E-state index contributed by atoms with van der Waals surface area (Å²) in [5, 5.41) is 10.9.